The van der Waals surface area contributed by atoms with E-state index >= 15 is 0 Å². The Hall–Kier alpha value is -5.04. The maximum Gasteiger partial charge on any atom is 0.241 e. The van der Waals surface area contributed by atoms with Crippen LogP contribution in [0.25, 0.3) is 6.08 Å². The molecular weight excluding hydrogens is 564 g/mol. The van der Waals surface area contributed by atoms with Crippen LogP contribution in [0.3, 0.4) is 0 Å². The Bertz CT molecular complexity index is 1810. The Kier molecular flexibility index (Phi) is 6.73. The summed E-state index contributed by atoms with van der Waals surface area (Å²) < 4.78 is 0. The number of anilines is 2. The second kappa shape index (κ2) is 10.5. The summed E-state index contributed by atoms with van der Waals surface area (Å²) >= 11 is 0. The van der Waals surface area contributed by atoms with Crippen molar-refractivity contribution in [3.8, 4) is 5.75 Å². The summed E-state index contributed by atoms with van der Waals surface area (Å²) in [4.78, 5) is 59.4. The summed E-state index contributed by atoms with van der Waals surface area (Å²) in [5.41, 5.74) is 2.68. The van der Waals surface area contributed by atoms with E-state index in [-0.39, 0.29) is 35.8 Å². The number of benzene rings is 3. The Morgan fingerprint density at radius 1 is 0.844 bits per heavy atom. The maximum absolute atomic E-state index is 14.5. The fourth-order valence-electron chi connectivity index (χ4n) is 8.36. The molecule has 0 aromatic heterocycles. The van der Waals surface area contributed by atoms with Crippen LogP contribution in [0.5, 0.6) is 5.75 Å². The number of phenolic OH excluding ortho intramolecular Hbond substituents is 1. The SMILES string of the molecule is C=CCc1cccc(C2C3=CCC4C(=O)N(c5ccc(C=C)cc5)C(=O)C4C3CC3C(=O)N(c4ccccc4)C(=O)C32C)c1O. The number of imide groups is 2. The topological polar surface area (TPSA) is 95.0 Å². The third-order valence-electron chi connectivity index (χ3n) is 10.5. The molecule has 6 atom stereocenters. The molecule has 6 unspecified atom stereocenters. The summed E-state index contributed by atoms with van der Waals surface area (Å²) in [5, 5.41) is 11.6. The van der Waals surface area contributed by atoms with Gasteiger partial charge >= 0.3 is 0 Å². The standard InChI is InChI=1S/C38H34N2O5/c1-4-10-23-11-9-14-28(33(23)41)32-26-19-20-27-31(36(44)39(34(27)42)25-17-15-22(5-2)16-18-25)29(26)21-30-35(43)40(37(45)38(30,32)3)24-12-7-6-8-13-24/h4-9,11-19,27,29-32,41H,1-2,10,20-21H2,3H3. The molecule has 3 aromatic rings. The van der Waals surface area contributed by atoms with Gasteiger partial charge in [0.15, 0.2) is 0 Å². The first kappa shape index (κ1) is 28.7. The van der Waals surface area contributed by atoms with Crippen LogP contribution in [0.1, 0.15) is 42.4 Å². The van der Waals surface area contributed by atoms with Crippen LogP contribution in [-0.4, -0.2) is 28.7 Å². The van der Waals surface area contributed by atoms with Crippen molar-refractivity contribution in [2.24, 2.45) is 29.1 Å². The number of para-hydroxylation sites is 2. The minimum absolute atomic E-state index is 0.0576. The number of fused-ring (bicyclic) bond motifs is 4. The quantitative estimate of drug-likeness (QED) is 0.269. The van der Waals surface area contributed by atoms with Crippen molar-refractivity contribution in [1.29, 1.82) is 0 Å². The zero-order chi connectivity index (χ0) is 31.6. The highest BCUT2D eigenvalue weighted by atomic mass is 16.3. The maximum atomic E-state index is 14.5. The average molecular weight is 599 g/mol. The summed E-state index contributed by atoms with van der Waals surface area (Å²) in [7, 11) is 0. The highest BCUT2D eigenvalue weighted by Gasteiger charge is 2.68. The number of hydrogen-bond donors (Lipinski definition) is 1. The van der Waals surface area contributed by atoms with E-state index in [0.717, 1.165) is 11.1 Å². The zero-order valence-corrected chi connectivity index (χ0v) is 25.1. The summed E-state index contributed by atoms with van der Waals surface area (Å²) in [5.74, 6) is -4.31. The van der Waals surface area contributed by atoms with E-state index in [1.807, 2.05) is 49.4 Å². The molecule has 2 aliphatic heterocycles. The number of carbonyl (C=O) groups is 4. The summed E-state index contributed by atoms with van der Waals surface area (Å²) in [6.07, 6.45) is 6.41. The van der Waals surface area contributed by atoms with Crippen molar-refractivity contribution in [3.63, 3.8) is 0 Å². The molecule has 1 N–H and O–H groups in total. The molecule has 3 aromatic carbocycles. The van der Waals surface area contributed by atoms with Crippen molar-refractivity contribution in [2.75, 3.05) is 9.80 Å². The lowest BCUT2D eigenvalue weighted by molar-refractivity contribution is -0.131. The van der Waals surface area contributed by atoms with Gasteiger partial charge in [-0.15, -0.1) is 6.58 Å². The third-order valence-corrected chi connectivity index (χ3v) is 10.5. The van der Waals surface area contributed by atoms with Gasteiger partial charge in [-0.25, -0.2) is 4.90 Å². The first-order chi connectivity index (χ1) is 21.7. The lowest BCUT2D eigenvalue weighted by Crippen LogP contribution is -2.49. The number of carbonyl (C=O) groups excluding carboxylic acids is 4. The molecule has 1 saturated carbocycles. The van der Waals surface area contributed by atoms with Crippen LogP contribution in [0.15, 0.2) is 104 Å². The lowest BCUT2D eigenvalue weighted by atomic mass is 9.51. The largest absolute Gasteiger partial charge is 0.507 e. The number of hydrogen-bond acceptors (Lipinski definition) is 5. The number of phenols is 1. The molecule has 7 nitrogen and oxygen atoms in total. The second-order valence-electron chi connectivity index (χ2n) is 12.7. The number of rotatable bonds is 6. The molecule has 4 aliphatic rings. The normalized spacial score (nSPS) is 28.8. The van der Waals surface area contributed by atoms with Gasteiger partial charge in [-0.05, 0) is 67.5 Å². The van der Waals surface area contributed by atoms with Crippen LogP contribution in [0, 0.1) is 29.1 Å². The number of nitrogens with zero attached hydrogens (tertiary/aromatic N) is 2. The Labute approximate surface area is 262 Å². The molecule has 45 heavy (non-hydrogen) atoms. The first-order valence-electron chi connectivity index (χ1n) is 15.4. The number of allylic oxidation sites excluding steroid dienone is 3. The Morgan fingerprint density at radius 3 is 2.24 bits per heavy atom. The van der Waals surface area contributed by atoms with Crippen molar-refractivity contribution >= 4 is 41.1 Å². The molecule has 2 saturated heterocycles. The molecule has 226 valence electrons. The molecule has 3 fully saturated rings. The monoisotopic (exact) mass is 598 g/mol. The van der Waals surface area contributed by atoms with Crippen molar-refractivity contribution in [3.05, 3.63) is 120 Å². The predicted molar refractivity (Wildman–Crippen MR) is 172 cm³/mol. The molecular formula is C38H34N2O5. The van der Waals surface area contributed by atoms with Gasteiger partial charge in [-0.3, -0.25) is 24.1 Å². The van der Waals surface area contributed by atoms with E-state index < -0.39 is 35.0 Å². The van der Waals surface area contributed by atoms with E-state index in [1.165, 1.54) is 9.80 Å². The van der Waals surface area contributed by atoms with Crippen LogP contribution in [0.4, 0.5) is 11.4 Å². The van der Waals surface area contributed by atoms with Gasteiger partial charge in [0.05, 0.1) is 34.5 Å². The van der Waals surface area contributed by atoms with E-state index in [4.69, 9.17) is 0 Å². The third kappa shape index (κ3) is 4.03. The van der Waals surface area contributed by atoms with Crippen LogP contribution >= 0.6 is 0 Å². The Balaban J connectivity index is 1.38. The molecule has 2 heterocycles. The van der Waals surface area contributed by atoms with E-state index in [0.29, 0.717) is 35.3 Å². The fraction of sp³-hybridized carbons (Fsp3) is 0.263. The van der Waals surface area contributed by atoms with Gasteiger partial charge in [0.25, 0.3) is 0 Å². The predicted octanol–water partition coefficient (Wildman–Crippen LogP) is 6.20. The summed E-state index contributed by atoms with van der Waals surface area (Å²) in [6, 6.07) is 21.5. The number of aromatic hydroxyl groups is 1. The van der Waals surface area contributed by atoms with E-state index in [1.54, 1.807) is 48.6 Å². The fourth-order valence-corrected chi connectivity index (χ4v) is 8.36. The van der Waals surface area contributed by atoms with E-state index in [2.05, 4.69) is 13.2 Å². The molecule has 7 heteroatoms. The lowest BCUT2D eigenvalue weighted by Gasteiger charge is -2.49. The minimum atomic E-state index is -1.22. The summed E-state index contributed by atoms with van der Waals surface area (Å²) in [6.45, 7) is 9.43. The highest BCUT2D eigenvalue weighted by Crippen LogP contribution is 2.64. The van der Waals surface area contributed by atoms with Gasteiger partial charge in [0, 0.05) is 11.5 Å². The molecule has 7 rings (SSSR count). The second-order valence-corrected chi connectivity index (χ2v) is 12.7. The molecule has 2 aliphatic carbocycles. The first-order valence-corrected chi connectivity index (χ1v) is 15.4. The molecule has 0 radical (unpaired) electrons. The van der Waals surface area contributed by atoms with Crippen molar-refractivity contribution in [2.45, 2.75) is 32.1 Å². The van der Waals surface area contributed by atoms with Gasteiger partial charge in [-0.2, -0.15) is 0 Å². The molecule has 0 bridgehead atoms. The smallest absolute Gasteiger partial charge is 0.241 e. The van der Waals surface area contributed by atoms with Gasteiger partial charge in [0.2, 0.25) is 23.6 Å². The molecule has 0 spiro atoms. The van der Waals surface area contributed by atoms with Crippen molar-refractivity contribution < 1.29 is 24.3 Å². The minimum Gasteiger partial charge on any atom is -0.507 e. The van der Waals surface area contributed by atoms with Crippen LogP contribution in [-0.2, 0) is 25.6 Å². The number of amides is 4. The Morgan fingerprint density at radius 2 is 1.56 bits per heavy atom. The van der Waals surface area contributed by atoms with Gasteiger partial charge < -0.3 is 5.11 Å². The van der Waals surface area contributed by atoms with Gasteiger partial charge in [-0.1, -0.05) is 78.9 Å². The van der Waals surface area contributed by atoms with Crippen LogP contribution < -0.4 is 9.80 Å². The molecule has 4 amide bonds. The zero-order valence-electron chi connectivity index (χ0n) is 25.1. The van der Waals surface area contributed by atoms with Gasteiger partial charge in [0.1, 0.15) is 5.75 Å². The van der Waals surface area contributed by atoms with E-state index in [9.17, 15) is 24.3 Å². The van der Waals surface area contributed by atoms with Crippen LogP contribution in [0.2, 0.25) is 0 Å². The highest BCUT2D eigenvalue weighted by molar-refractivity contribution is 6.25. The average Bonchev–Trinajstić information content (AvgIpc) is 3.42. The van der Waals surface area contributed by atoms with Crippen molar-refractivity contribution in [1.82, 2.24) is 0 Å².